The van der Waals surface area contributed by atoms with Gasteiger partial charge in [-0.1, -0.05) is 63.4 Å². The first-order valence-electron chi connectivity index (χ1n) is 10.4. The monoisotopic (exact) mass is 401 g/mol. The molecule has 1 aliphatic rings. The lowest BCUT2D eigenvalue weighted by Gasteiger charge is -2.20. The fraction of sp³-hybridized carbons (Fsp3) is 0.591. The average Bonchev–Trinajstić information content (AvgIpc) is 2.93. The fourth-order valence-corrected chi connectivity index (χ4v) is 4.64. The number of nitrogens with zero attached hydrogens (tertiary/aromatic N) is 2. The molecule has 6 heteroatoms. The summed E-state index contributed by atoms with van der Waals surface area (Å²) in [4.78, 5) is 30.5. The number of carbonyl (C=O) groups excluding carboxylic acids is 1. The molecule has 0 aliphatic heterocycles. The maximum absolute atomic E-state index is 13.0. The first-order valence-corrected chi connectivity index (χ1v) is 11.3. The Labute approximate surface area is 171 Å². The Kier molecular flexibility index (Phi) is 7.16. The van der Waals surface area contributed by atoms with E-state index in [1.54, 1.807) is 4.57 Å². The van der Waals surface area contributed by atoms with Crippen molar-refractivity contribution in [2.45, 2.75) is 82.3 Å². The molecule has 1 saturated carbocycles. The van der Waals surface area contributed by atoms with E-state index in [9.17, 15) is 9.59 Å². The van der Waals surface area contributed by atoms with Crippen LogP contribution in [0.1, 0.15) is 59.3 Å². The second-order valence-electron chi connectivity index (χ2n) is 8.18. The zero-order chi connectivity index (χ0) is 20.1. The van der Waals surface area contributed by atoms with Crippen molar-refractivity contribution in [2.24, 2.45) is 5.92 Å². The zero-order valence-electron chi connectivity index (χ0n) is 17.1. The van der Waals surface area contributed by atoms with Crippen LogP contribution in [-0.2, 0) is 11.3 Å². The number of nitrogens with one attached hydrogen (secondary N) is 1. The van der Waals surface area contributed by atoms with Crippen LogP contribution in [0.25, 0.3) is 10.9 Å². The van der Waals surface area contributed by atoms with Gasteiger partial charge in [-0.3, -0.25) is 14.2 Å². The van der Waals surface area contributed by atoms with Crippen LogP contribution in [0.2, 0.25) is 0 Å². The molecule has 2 aromatic rings. The van der Waals surface area contributed by atoms with Crippen molar-refractivity contribution in [2.75, 3.05) is 0 Å². The van der Waals surface area contributed by atoms with E-state index in [1.807, 2.05) is 31.2 Å². The predicted octanol–water partition coefficient (Wildman–Crippen LogP) is 4.37. The van der Waals surface area contributed by atoms with E-state index in [4.69, 9.17) is 4.98 Å². The summed E-state index contributed by atoms with van der Waals surface area (Å²) in [6.07, 6.45) is 7.03. The molecule has 5 nitrogen and oxygen atoms in total. The van der Waals surface area contributed by atoms with E-state index in [-0.39, 0.29) is 22.8 Å². The normalized spacial score (nSPS) is 16.9. The molecule has 0 unspecified atom stereocenters. The van der Waals surface area contributed by atoms with E-state index in [1.165, 1.54) is 37.4 Å². The number of aromatic nitrogens is 2. The summed E-state index contributed by atoms with van der Waals surface area (Å²) >= 11 is 1.38. The topological polar surface area (TPSA) is 64.0 Å². The smallest absolute Gasteiger partial charge is 0.262 e. The first kappa shape index (κ1) is 20.9. The Bertz CT molecular complexity index is 870. The third-order valence-electron chi connectivity index (χ3n) is 5.23. The maximum atomic E-state index is 13.0. The number of carbonyl (C=O) groups is 1. The van der Waals surface area contributed by atoms with Crippen molar-refractivity contribution in [3.63, 3.8) is 0 Å². The number of hydrogen-bond acceptors (Lipinski definition) is 4. The van der Waals surface area contributed by atoms with E-state index in [0.717, 1.165) is 12.8 Å². The summed E-state index contributed by atoms with van der Waals surface area (Å²) in [7, 11) is 0. The quantitative estimate of drug-likeness (QED) is 0.443. The van der Waals surface area contributed by atoms with Gasteiger partial charge in [-0.2, -0.15) is 0 Å². The minimum Gasteiger partial charge on any atom is -0.352 e. The van der Waals surface area contributed by atoms with E-state index in [2.05, 4.69) is 19.2 Å². The molecule has 1 heterocycles. The SMILES string of the molecule is CC(C)Cn1c(S[C@@H](C)C(=O)NC2CCCCCC2)nc2ccccc2c1=O. The highest BCUT2D eigenvalue weighted by Gasteiger charge is 2.22. The molecule has 3 rings (SSSR count). The van der Waals surface area contributed by atoms with Gasteiger partial charge in [-0.05, 0) is 37.8 Å². The predicted molar refractivity (Wildman–Crippen MR) is 116 cm³/mol. The molecule has 1 amide bonds. The van der Waals surface area contributed by atoms with Crippen LogP contribution in [0.4, 0.5) is 0 Å². The van der Waals surface area contributed by atoms with Crippen LogP contribution in [0.15, 0.2) is 34.2 Å². The van der Waals surface area contributed by atoms with E-state index in [0.29, 0.717) is 28.5 Å². The molecule has 0 bridgehead atoms. The second kappa shape index (κ2) is 9.59. The van der Waals surface area contributed by atoms with E-state index < -0.39 is 0 Å². The molecule has 1 aliphatic carbocycles. The van der Waals surface area contributed by atoms with Crippen molar-refractivity contribution in [3.8, 4) is 0 Å². The van der Waals surface area contributed by atoms with Crippen LogP contribution < -0.4 is 10.9 Å². The van der Waals surface area contributed by atoms with Gasteiger partial charge in [0.05, 0.1) is 16.2 Å². The maximum Gasteiger partial charge on any atom is 0.262 e. The van der Waals surface area contributed by atoms with Crippen molar-refractivity contribution in [1.82, 2.24) is 14.9 Å². The van der Waals surface area contributed by atoms with Crippen molar-refractivity contribution < 1.29 is 4.79 Å². The molecular weight excluding hydrogens is 370 g/mol. The Morgan fingerprint density at radius 3 is 2.54 bits per heavy atom. The molecule has 0 radical (unpaired) electrons. The molecular formula is C22H31N3O2S. The van der Waals surface area contributed by atoms with Gasteiger partial charge in [0.25, 0.3) is 5.56 Å². The largest absolute Gasteiger partial charge is 0.352 e. The Morgan fingerprint density at radius 1 is 1.18 bits per heavy atom. The minimum atomic E-state index is -0.297. The lowest BCUT2D eigenvalue weighted by atomic mass is 10.1. The third-order valence-corrected chi connectivity index (χ3v) is 6.32. The van der Waals surface area contributed by atoms with Crippen molar-refractivity contribution in [3.05, 3.63) is 34.6 Å². The Morgan fingerprint density at radius 2 is 1.86 bits per heavy atom. The van der Waals surface area contributed by atoms with Gasteiger partial charge in [0, 0.05) is 12.6 Å². The van der Waals surface area contributed by atoms with Gasteiger partial charge in [0.15, 0.2) is 5.16 Å². The van der Waals surface area contributed by atoms with Gasteiger partial charge in [-0.15, -0.1) is 0 Å². The van der Waals surface area contributed by atoms with Crippen LogP contribution in [0, 0.1) is 5.92 Å². The highest BCUT2D eigenvalue weighted by Crippen LogP contribution is 2.24. The van der Waals surface area contributed by atoms with Crippen molar-refractivity contribution in [1.29, 1.82) is 0 Å². The average molecular weight is 402 g/mol. The number of thioether (sulfide) groups is 1. The minimum absolute atomic E-state index is 0.0295. The molecule has 1 N–H and O–H groups in total. The fourth-order valence-electron chi connectivity index (χ4n) is 3.72. The number of fused-ring (bicyclic) bond motifs is 1. The first-order chi connectivity index (χ1) is 13.5. The van der Waals surface area contributed by atoms with Gasteiger partial charge < -0.3 is 5.32 Å². The third kappa shape index (κ3) is 5.16. The van der Waals surface area contributed by atoms with Gasteiger partial charge in [-0.25, -0.2) is 4.98 Å². The number of benzene rings is 1. The molecule has 1 aromatic carbocycles. The molecule has 1 fully saturated rings. The Balaban J connectivity index is 1.81. The molecule has 0 spiro atoms. The summed E-state index contributed by atoms with van der Waals surface area (Å²) in [6.45, 7) is 6.66. The molecule has 1 atom stereocenters. The van der Waals surface area contributed by atoms with Gasteiger partial charge in [0.1, 0.15) is 0 Å². The zero-order valence-corrected chi connectivity index (χ0v) is 17.9. The van der Waals surface area contributed by atoms with Crippen LogP contribution in [0.5, 0.6) is 0 Å². The highest BCUT2D eigenvalue weighted by atomic mass is 32.2. The van der Waals surface area contributed by atoms with Crippen LogP contribution >= 0.6 is 11.8 Å². The summed E-state index contributed by atoms with van der Waals surface area (Å²) in [5, 5.41) is 4.17. The summed E-state index contributed by atoms with van der Waals surface area (Å²) in [6, 6.07) is 7.70. The number of rotatable bonds is 6. The molecule has 28 heavy (non-hydrogen) atoms. The standard InChI is InChI=1S/C22H31N3O2S/c1-15(2)14-25-21(27)18-12-8-9-13-19(18)24-22(25)28-16(3)20(26)23-17-10-6-4-5-7-11-17/h8-9,12-13,15-17H,4-7,10-11,14H2,1-3H3,(H,23,26)/t16-/m0/s1. The lowest BCUT2D eigenvalue weighted by molar-refractivity contribution is -0.121. The summed E-state index contributed by atoms with van der Waals surface area (Å²) in [5.41, 5.74) is 0.657. The number of amides is 1. The van der Waals surface area contributed by atoms with Crippen molar-refractivity contribution >= 4 is 28.6 Å². The second-order valence-corrected chi connectivity index (χ2v) is 9.49. The Hall–Kier alpha value is -1.82. The number of hydrogen-bond donors (Lipinski definition) is 1. The van der Waals surface area contributed by atoms with Crippen LogP contribution in [-0.4, -0.2) is 26.8 Å². The lowest BCUT2D eigenvalue weighted by Crippen LogP contribution is -2.39. The molecule has 0 saturated heterocycles. The van der Waals surface area contributed by atoms with E-state index >= 15 is 0 Å². The van der Waals surface area contributed by atoms with Crippen LogP contribution in [0.3, 0.4) is 0 Å². The molecule has 152 valence electrons. The summed E-state index contributed by atoms with van der Waals surface area (Å²) in [5.74, 6) is 0.352. The van der Waals surface area contributed by atoms with Gasteiger partial charge in [0.2, 0.25) is 5.91 Å². The summed E-state index contributed by atoms with van der Waals surface area (Å²) < 4.78 is 1.73. The number of para-hydroxylation sites is 1. The molecule has 1 aromatic heterocycles. The van der Waals surface area contributed by atoms with Gasteiger partial charge >= 0.3 is 0 Å². The highest BCUT2D eigenvalue weighted by molar-refractivity contribution is 8.00.